The van der Waals surface area contributed by atoms with Crippen LogP contribution in [-0.4, -0.2) is 42.3 Å². The molecule has 2 aromatic rings. The predicted molar refractivity (Wildman–Crippen MR) is 109 cm³/mol. The van der Waals surface area contributed by atoms with Crippen LogP contribution in [0.4, 0.5) is 10.5 Å². The van der Waals surface area contributed by atoms with E-state index in [1.165, 1.54) is 19.3 Å². The number of ether oxygens (including phenoxy) is 4. The van der Waals surface area contributed by atoms with Crippen molar-refractivity contribution < 1.29 is 38.7 Å². The molecule has 0 radical (unpaired) electrons. The van der Waals surface area contributed by atoms with Crippen molar-refractivity contribution in [1.82, 2.24) is 0 Å². The van der Waals surface area contributed by atoms with Crippen LogP contribution in [0.1, 0.15) is 11.7 Å². The molecule has 30 heavy (non-hydrogen) atoms. The van der Waals surface area contributed by atoms with E-state index in [0.29, 0.717) is 21.7 Å². The van der Waals surface area contributed by atoms with Crippen molar-refractivity contribution in [3.63, 3.8) is 0 Å². The van der Waals surface area contributed by atoms with Gasteiger partial charge >= 0.3 is 12.1 Å². The van der Waals surface area contributed by atoms with Gasteiger partial charge in [0.05, 0.1) is 0 Å². The van der Waals surface area contributed by atoms with E-state index in [-0.39, 0.29) is 18.1 Å². The number of aliphatic carboxylic acids is 1. The number of aromatic hydroxyl groups is 1. The average molecular weight is 480 g/mol. The molecule has 0 fully saturated rings. The number of phenolic OH excluding ortho intramolecular Hbond substituents is 1. The summed E-state index contributed by atoms with van der Waals surface area (Å²) in [4.78, 5) is 23.5. The van der Waals surface area contributed by atoms with Crippen LogP contribution in [0.25, 0.3) is 0 Å². The van der Waals surface area contributed by atoms with E-state index in [9.17, 15) is 14.7 Å². The monoisotopic (exact) mass is 479 g/mol. The zero-order chi connectivity index (χ0) is 21.7. The molecule has 1 aliphatic heterocycles. The summed E-state index contributed by atoms with van der Waals surface area (Å²) < 4.78 is 21.9. The molecule has 10 heteroatoms. The third kappa shape index (κ3) is 5.22. The molecule has 1 aliphatic rings. The number of halogens is 1. The second-order valence-corrected chi connectivity index (χ2v) is 7.04. The van der Waals surface area contributed by atoms with Crippen LogP contribution in [0, 0.1) is 0 Å². The molecule has 0 spiro atoms. The molecule has 0 unspecified atom stereocenters. The highest BCUT2D eigenvalue weighted by atomic mass is 79.9. The first-order valence-corrected chi connectivity index (χ1v) is 9.46. The SMILES string of the molecule is CO[C@@H](/C=C/C(=O)O)[C@@H](OC(=O)Nc1ccc2c(c1)OCO2)c1cc(Br)ccc1O. The number of carboxylic acid groups (broad SMARTS) is 1. The summed E-state index contributed by atoms with van der Waals surface area (Å²) in [6.45, 7) is 0.0961. The maximum Gasteiger partial charge on any atom is 0.412 e. The lowest BCUT2D eigenvalue weighted by molar-refractivity contribution is -0.131. The molecule has 3 rings (SSSR count). The number of carbonyl (C=O) groups excluding carboxylic acids is 1. The minimum atomic E-state index is -1.20. The van der Waals surface area contributed by atoms with Gasteiger partial charge in [-0.15, -0.1) is 0 Å². The number of benzene rings is 2. The first-order valence-electron chi connectivity index (χ1n) is 8.67. The van der Waals surface area contributed by atoms with Crippen molar-refractivity contribution in [3.8, 4) is 17.2 Å². The molecular formula is C20H18BrNO8. The van der Waals surface area contributed by atoms with Gasteiger partial charge in [0.2, 0.25) is 6.79 Å². The molecule has 2 aromatic carbocycles. The van der Waals surface area contributed by atoms with Gasteiger partial charge in [-0.25, -0.2) is 9.59 Å². The van der Waals surface area contributed by atoms with Crippen LogP contribution in [0.2, 0.25) is 0 Å². The van der Waals surface area contributed by atoms with Crippen molar-refractivity contribution in [1.29, 1.82) is 0 Å². The van der Waals surface area contributed by atoms with E-state index in [1.807, 2.05) is 0 Å². The normalized spacial score (nSPS) is 14.3. The predicted octanol–water partition coefficient (Wildman–Crippen LogP) is 3.83. The first-order chi connectivity index (χ1) is 14.4. The summed E-state index contributed by atoms with van der Waals surface area (Å²) in [7, 11) is 1.33. The fourth-order valence-electron chi connectivity index (χ4n) is 2.78. The van der Waals surface area contributed by atoms with Gasteiger partial charge in [-0.3, -0.25) is 5.32 Å². The van der Waals surface area contributed by atoms with Crippen molar-refractivity contribution in [2.75, 3.05) is 19.2 Å². The maximum atomic E-state index is 12.6. The van der Waals surface area contributed by atoms with Crippen molar-refractivity contribution >= 4 is 33.7 Å². The first kappa shape index (κ1) is 21.5. The molecule has 3 N–H and O–H groups in total. The summed E-state index contributed by atoms with van der Waals surface area (Å²) >= 11 is 3.30. The van der Waals surface area contributed by atoms with Gasteiger partial charge < -0.3 is 29.2 Å². The highest BCUT2D eigenvalue weighted by Gasteiger charge is 2.29. The molecule has 0 bridgehead atoms. The van der Waals surface area contributed by atoms with Crippen molar-refractivity contribution in [2.24, 2.45) is 0 Å². The number of phenols is 1. The van der Waals surface area contributed by atoms with Crippen LogP contribution < -0.4 is 14.8 Å². The van der Waals surface area contributed by atoms with Crippen LogP contribution >= 0.6 is 15.9 Å². The van der Waals surface area contributed by atoms with Crippen LogP contribution in [0.15, 0.2) is 53.0 Å². The largest absolute Gasteiger partial charge is 0.508 e. The van der Waals surface area contributed by atoms with Crippen LogP contribution in [-0.2, 0) is 14.3 Å². The molecule has 0 saturated heterocycles. The van der Waals surface area contributed by atoms with Crippen LogP contribution in [0.3, 0.4) is 0 Å². The number of nitrogens with one attached hydrogen (secondary N) is 1. The van der Waals surface area contributed by atoms with E-state index in [0.717, 1.165) is 6.08 Å². The van der Waals surface area contributed by atoms with E-state index >= 15 is 0 Å². The number of anilines is 1. The summed E-state index contributed by atoms with van der Waals surface area (Å²) in [6.07, 6.45) is -0.874. The Balaban J connectivity index is 1.84. The molecule has 0 aliphatic carbocycles. The Morgan fingerprint density at radius 1 is 1.20 bits per heavy atom. The molecule has 158 valence electrons. The second kappa shape index (κ2) is 9.51. The van der Waals surface area contributed by atoms with Gasteiger partial charge in [0.25, 0.3) is 0 Å². The summed E-state index contributed by atoms with van der Waals surface area (Å²) in [5.74, 6) is -0.304. The van der Waals surface area contributed by atoms with E-state index < -0.39 is 24.3 Å². The van der Waals surface area contributed by atoms with Crippen molar-refractivity contribution in [2.45, 2.75) is 12.2 Å². The van der Waals surface area contributed by atoms with Gasteiger partial charge in [-0.05, 0) is 36.4 Å². The number of carbonyl (C=O) groups is 2. The Hall–Kier alpha value is -3.24. The topological polar surface area (TPSA) is 124 Å². The van der Waals surface area contributed by atoms with E-state index in [4.69, 9.17) is 24.1 Å². The van der Waals surface area contributed by atoms with Gasteiger partial charge in [0, 0.05) is 35.0 Å². The minimum absolute atomic E-state index is 0.0961. The highest BCUT2D eigenvalue weighted by molar-refractivity contribution is 9.10. The second-order valence-electron chi connectivity index (χ2n) is 6.12. The molecule has 1 amide bonds. The van der Waals surface area contributed by atoms with Gasteiger partial charge in [-0.1, -0.05) is 15.9 Å². The zero-order valence-corrected chi connectivity index (χ0v) is 17.3. The maximum absolute atomic E-state index is 12.6. The molecule has 0 aromatic heterocycles. The Labute approximate surface area is 179 Å². The third-order valence-electron chi connectivity index (χ3n) is 4.15. The lowest BCUT2D eigenvalue weighted by Gasteiger charge is -2.25. The molecular weight excluding hydrogens is 462 g/mol. The number of amides is 1. The number of fused-ring (bicyclic) bond motifs is 1. The Kier molecular flexibility index (Phi) is 6.80. The van der Waals surface area contributed by atoms with E-state index in [1.54, 1.807) is 30.3 Å². The summed E-state index contributed by atoms with van der Waals surface area (Å²) in [5, 5.41) is 21.8. The summed E-state index contributed by atoms with van der Waals surface area (Å²) in [6, 6.07) is 9.40. The fraction of sp³-hybridized carbons (Fsp3) is 0.200. The highest BCUT2D eigenvalue weighted by Crippen LogP contribution is 2.36. The molecule has 0 saturated carbocycles. The van der Waals surface area contributed by atoms with Gasteiger partial charge in [0.15, 0.2) is 17.6 Å². The fourth-order valence-corrected chi connectivity index (χ4v) is 3.16. The van der Waals surface area contributed by atoms with Gasteiger partial charge in [-0.2, -0.15) is 0 Å². The van der Waals surface area contributed by atoms with Crippen molar-refractivity contribution in [3.05, 3.63) is 58.6 Å². The smallest absolute Gasteiger partial charge is 0.412 e. The number of methoxy groups -OCH3 is 1. The number of hydrogen-bond acceptors (Lipinski definition) is 7. The quantitative estimate of drug-likeness (QED) is 0.511. The van der Waals surface area contributed by atoms with Gasteiger partial charge in [0.1, 0.15) is 11.9 Å². The Bertz CT molecular complexity index is 977. The lowest BCUT2D eigenvalue weighted by atomic mass is 10.0. The minimum Gasteiger partial charge on any atom is -0.508 e. The Morgan fingerprint density at radius 3 is 2.70 bits per heavy atom. The average Bonchev–Trinajstić information content (AvgIpc) is 3.17. The zero-order valence-electron chi connectivity index (χ0n) is 15.7. The standard InChI is InChI=1S/C20H18BrNO8/c1-27-16(6-7-18(24)25)19(13-8-11(21)2-4-14(13)23)30-20(26)22-12-3-5-15-17(9-12)29-10-28-15/h2-9,16,19,23H,10H2,1H3,(H,22,26)(H,24,25)/b7-6+/t16-,19-/m0/s1. The lowest BCUT2D eigenvalue weighted by Crippen LogP contribution is -2.27. The number of rotatable bonds is 7. The van der Waals surface area contributed by atoms with Crippen LogP contribution in [0.5, 0.6) is 17.2 Å². The number of hydrogen-bond donors (Lipinski definition) is 3. The number of carboxylic acids is 1. The molecule has 2 atom stereocenters. The third-order valence-corrected chi connectivity index (χ3v) is 4.64. The molecule has 9 nitrogen and oxygen atoms in total. The Morgan fingerprint density at radius 2 is 1.97 bits per heavy atom. The molecule has 1 heterocycles. The van der Waals surface area contributed by atoms with E-state index in [2.05, 4.69) is 21.2 Å². The summed E-state index contributed by atoms with van der Waals surface area (Å²) in [5.41, 5.74) is 0.628.